The van der Waals surface area contributed by atoms with E-state index in [1.54, 1.807) is 19.1 Å². The molecule has 0 aliphatic carbocycles. The van der Waals surface area contributed by atoms with E-state index >= 15 is 0 Å². The van der Waals surface area contributed by atoms with Crippen LogP contribution in [0.2, 0.25) is 0 Å². The van der Waals surface area contributed by atoms with Gasteiger partial charge in [-0.25, -0.2) is 9.59 Å². The Labute approximate surface area is 205 Å². The van der Waals surface area contributed by atoms with Gasteiger partial charge in [0.05, 0.1) is 18.8 Å². The van der Waals surface area contributed by atoms with Crippen molar-refractivity contribution in [1.29, 1.82) is 0 Å². The Morgan fingerprint density at radius 2 is 1.69 bits per heavy atom. The van der Waals surface area contributed by atoms with E-state index in [1.165, 1.54) is 6.08 Å². The maximum Gasteiger partial charge on any atom is 0.338 e. The summed E-state index contributed by atoms with van der Waals surface area (Å²) in [5, 5.41) is 0.881. The molecule has 0 atom stereocenters. The number of hydrogen-bond donors (Lipinski definition) is 0. The number of unbranched alkanes of at least 4 members (excludes halogenated alkanes) is 1. The van der Waals surface area contributed by atoms with Gasteiger partial charge in [0.2, 0.25) is 0 Å². The molecule has 5 heteroatoms. The molecule has 5 nitrogen and oxygen atoms in total. The number of fused-ring (bicyclic) bond motifs is 1. The monoisotopic (exact) mass is 468 g/mol. The predicted molar refractivity (Wildman–Crippen MR) is 138 cm³/mol. The molecule has 3 aromatic carbocycles. The fourth-order valence-electron chi connectivity index (χ4n) is 3.84. The summed E-state index contributed by atoms with van der Waals surface area (Å²) in [5.41, 5.74) is 4.67. The van der Waals surface area contributed by atoms with Crippen molar-refractivity contribution in [2.45, 2.75) is 26.7 Å². The smallest absolute Gasteiger partial charge is 0.338 e. The summed E-state index contributed by atoms with van der Waals surface area (Å²) < 4.78 is 16.7. The van der Waals surface area contributed by atoms with Crippen LogP contribution in [-0.4, -0.2) is 25.2 Å². The van der Waals surface area contributed by atoms with Gasteiger partial charge in [0.25, 0.3) is 0 Å². The normalized spacial score (nSPS) is 11.1. The van der Waals surface area contributed by atoms with Crippen LogP contribution in [0.5, 0.6) is 0 Å². The molecule has 0 unspecified atom stereocenters. The van der Waals surface area contributed by atoms with Crippen LogP contribution in [0.25, 0.3) is 39.5 Å². The van der Waals surface area contributed by atoms with Gasteiger partial charge in [-0.15, -0.1) is 0 Å². The first-order chi connectivity index (χ1) is 17.1. The molecule has 4 rings (SSSR count). The molecule has 1 heterocycles. The lowest BCUT2D eigenvalue weighted by Crippen LogP contribution is -2.04. The van der Waals surface area contributed by atoms with E-state index in [4.69, 9.17) is 13.9 Å². The lowest BCUT2D eigenvalue weighted by atomic mass is 9.96. The van der Waals surface area contributed by atoms with Gasteiger partial charge < -0.3 is 13.9 Å². The molecule has 0 saturated carbocycles. The van der Waals surface area contributed by atoms with E-state index in [9.17, 15) is 9.59 Å². The summed E-state index contributed by atoms with van der Waals surface area (Å²) in [6.07, 6.45) is 4.99. The molecule has 0 aliphatic rings. The summed E-state index contributed by atoms with van der Waals surface area (Å²) >= 11 is 0. The fraction of sp³-hybridized carbons (Fsp3) is 0.200. The van der Waals surface area contributed by atoms with Crippen LogP contribution in [0.4, 0.5) is 0 Å². The van der Waals surface area contributed by atoms with Crippen LogP contribution in [0.15, 0.2) is 83.3 Å². The number of ether oxygens (including phenoxy) is 2. The third-order valence-corrected chi connectivity index (χ3v) is 5.56. The molecule has 0 N–H and O–H groups in total. The van der Waals surface area contributed by atoms with Gasteiger partial charge in [0, 0.05) is 22.6 Å². The number of carbonyl (C=O) groups excluding carboxylic acids is 2. The van der Waals surface area contributed by atoms with Crippen LogP contribution in [0.1, 0.15) is 42.6 Å². The number of esters is 2. The van der Waals surface area contributed by atoms with Gasteiger partial charge in [-0.1, -0.05) is 61.9 Å². The largest absolute Gasteiger partial charge is 0.463 e. The SMILES string of the molecule is CCCCOC(=O)/C=C/c1ccc2oc(-c3ccccc3)c(-c3cccc(C(=O)OCC)c3)c2c1. The summed E-state index contributed by atoms with van der Waals surface area (Å²) in [7, 11) is 0. The van der Waals surface area contributed by atoms with Crippen LogP contribution in [0.3, 0.4) is 0 Å². The Hall–Kier alpha value is -4.12. The van der Waals surface area contributed by atoms with E-state index in [0.29, 0.717) is 30.1 Å². The van der Waals surface area contributed by atoms with Gasteiger partial charge in [-0.2, -0.15) is 0 Å². The minimum atomic E-state index is -0.367. The van der Waals surface area contributed by atoms with E-state index < -0.39 is 0 Å². The van der Waals surface area contributed by atoms with Gasteiger partial charge in [0.1, 0.15) is 11.3 Å². The van der Waals surface area contributed by atoms with Crippen molar-refractivity contribution in [3.63, 3.8) is 0 Å². The van der Waals surface area contributed by atoms with Gasteiger partial charge in [-0.3, -0.25) is 0 Å². The van der Waals surface area contributed by atoms with E-state index in [0.717, 1.165) is 40.5 Å². The Morgan fingerprint density at radius 1 is 0.886 bits per heavy atom. The summed E-state index contributed by atoms with van der Waals surface area (Å²) in [6.45, 7) is 4.56. The van der Waals surface area contributed by atoms with Crippen molar-refractivity contribution >= 4 is 29.0 Å². The highest BCUT2D eigenvalue weighted by atomic mass is 16.5. The molecule has 1 aromatic heterocycles. The second-order valence-electron chi connectivity index (χ2n) is 8.08. The molecule has 0 aliphatic heterocycles. The van der Waals surface area contributed by atoms with Crippen molar-refractivity contribution in [2.75, 3.05) is 13.2 Å². The van der Waals surface area contributed by atoms with E-state index in [2.05, 4.69) is 0 Å². The average molecular weight is 469 g/mol. The molecule has 0 bridgehead atoms. The van der Waals surface area contributed by atoms with Crippen molar-refractivity contribution < 1.29 is 23.5 Å². The lowest BCUT2D eigenvalue weighted by Gasteiger charge is -2.07. The highest BCUT2D eigenvalue weighted by Gasteiger charge is 2.19. The maximum atomic E-state index is 12.4. The molecule has 0 spiro atoms. The highest BCUT2D eigenvalue weighted by molar-refractivity contribution is 6.04. The second kappa shape index (κ2) is 11.3. The van der Waals surface area contributed by atoms with Crippen molar-refractivity contribution in [1.82, 2.24) is 0 Å². The summed E-state index contributed by atoms with van der Waals surface area (Å²) in [5.74, 6) is -0.0200. The third kappa shape index (κ3) is 5.69. The summed E-state index contributed by atoms with van der Waals surface area (Å²) in [6, 6.07) is 23.0. The molecule has 0 saturated heterocycles. The zero-order valence-corrected chi connectivity index (χ0v) is 20.0. The van der Waals surface area contributed by atoms with Crippen LogP contribution >= 0.6 is 0 Å². The Bertz CT molecular complexity index is 1350. The molecule has 0 amide bonds. The zero-order valence-electron chi connectivity index (χ0n) is 20.0. The second-order valence-corrected chi connectivity index (χ2v) is 8.08. The van der Waals surface area contributed by atoms with Gasteiger partial charge in [-0.05, 0) is 54.8 Å². The first kappa shape index (κ1) is 24.0. The topological polar surface area (TPSA) is 65.7 Å². The van der Waals surface area contributed by atoms with Gasteiger partial charge >= 0.3 is 11.9 Å². The first-order valence-electron chi connectivity index (χ1n) is 11.8. The standard InChI is InChI=1S/C30H28O5/c1-3-5-18-34-27(31)17-15-21-14-16-26-25(19-21)28(29(35-26)22-10-7-6-8-11-22)23-12-9-13-24(20-23)30(32)33-4-2/h6-17,19-20H,3-5,18H2,1-2H3/b17-15+. The van der Waals surface area contributed by atoms with Crippen molar-refractivity contribution in [3.05, 3.63) is 90.0 Å². The molecule has 4 aromatic rings. The van der Waals surface area contributed by atoms with Crippen molar-refractivity contribution in [2.24, 2.45) is 0 Å². The number of carbonyl (C=O) groups is 2. The Morgan fingerprint density at radius 3 is 2.46 bits per heavy atom. The Kier molecular flexibility index (Phi) is 7.78. The van der Waals surface area contributed by atoms with Crippen LogP contribution in [-0.2, 0) is 14.3 Å². The van der Waals surface area contributed by atoms with Crippen LogP contribution < -0.4 is 0 Å². The number of benzene rings is 3. The first-order valence-corrected chi connectivity index (χ1v) is 11.8. The fourth-order valence-corrected chi connectivity index (χ4v) is 3.84. The summed E-state index contributed by atoms with van der Waals surface area (Å²) in [4.78, 5) is 24.4. The molecular weight excluding hydrogens is 440 g/mol. The highest BCUT2D eigenvalue weighted by Crippen LogP contribution is 2.41. The quantitative estimate of drug-likeness (QED) is 0.146. The number of hydrogen-bond acceptors (Lipinski definition) is 5. The Balaban J connectivity index is 1.79. The van der Waals surface area contributed by atoms with Crippen LogP contribution in [0, 0.1) is 0 Å². The zero-order chi connectivity index (χ0) is 24.6. The molecule has 178 valence electrons. The molecule has 0 fully saturated rings. The van der Waals surface area contributed by atoms with E-state index in [1.807, 2.05) is 73.7 Å². The van der Waals surface area contributed by atoms with E-state index in [-0.39, 0.29) is 11.9 Å². The predicted octanol–water partition coefficient (Wildman–Crippen LogP) is 7.30. The number of rotatable bonds is 9. The minimum Gasteiger partial charge on any atom is -0.463 e. The minimum absolute atomic E-state index is 0.309. The maximum absolute atomic E-state index is 12.4. The molecular formula is C30H28O5. The molecule has 35 heavy (non-hydrogen) atoms. The lowest BCUT2D eigenvalue weighted by molar-refractivity contribution is -0.137. The molecule has 0 radical (unpaired) electrons. The van der Waals surface area contributed by atoms with Crippen molar-refractivity contribution in [3.8, 4) is 22.5 Å². The number of furan rings is 1. The third-order valence-electron chi connectivity index (χ3n) is 5.56. The average Bonchev–Trinajstić information content (AvgIpc) is 3.27. The van der Waals surface area contributed by atoms with Gasteiger partial charge in [0.15, 0.2) is 0 Å².